The molecule has 0 spiro atoms. The van der Waals surface area contributed by atoms with Gasteiger partial charge in [0.25, 0.3) is 0 Å². The van der Waals surface area contributed by atoms with Crippen LogP contribution in [-0.4, -0.2) is 34.6 Å². The van der Waals surface area contributed by atoms with E-state index in [1.165, 1.54) is 11.1 Å². The van der Waals surface area contributed by atoms with Crippen molar-refractivity contribution >= 4 is 11.0 Å². The van der Waals surface area contributed by atoms with Crippen LogP contribution in [0.25, 0.3) is 11.0 Å². The van der Waals surface area contributed by atoms with Crippen LogP contribution in [0.1, 0.15) is 11.1 Å². The van der Waals surface area contributed by atoms with Crippen molar-refractivity contribution in [3.05, 3.63) is 74.3 Å². The van der Waals surface area contributed by atoms with Crippen molar-refractivity contribution in [3.8, 4) is 5.75 Å². The first-order chi connectivity index (χ1) is 12.2. The summed E-state index contributed by atoms with van der Waals surface area (Å²) in [5.74, 6) is 0.572. The largest absolute Gasteiger partial charge is 0.490 e. The molecule has 1 aromatic heterocycles. The van der Waals surface area contributed by atoms with E-state index in [0.717, 1.165) is 26.1 Å². The van der Waals surface area contributed by atoms with Gasteiger partial charge in [-0.2, -0.15) is 0 Å². The third-order valence-corrected chi connectivity index (χ3v) is 4.59. The van der Waals surface area contributed by atoms with Crippen LogP contribution in [-0.2, 0) is 13.0 Å². The summed E-state index contributed by atoms with van der Waals surface area (Å²) in [7, 11) is 0. The molecule has 0 bridgehead atoms. The number of fused-ring (bicyclic) bond motifs is 2. The molecular weight excluding hydrogens is 318 g/mol. The molecule has 1 aliphatic heterocycles. The van der Waals surface area contributed by atoms with Crippen LogP contribution in [0.5, 0.6) is 5.75 Å². The smallest absolute Gasteiger partial charge is 0.314 e. The highest BCUT2D eigenvalue weighted by Crippen LogP contribution is 2.21. The first kappa shape index (κ1) is 15.7. The summed E-state index contributed by atoms with van der Waals surface area (Å²) in [6.07, 6.45) is 1.05. The molecule has 6 nitrogen and oxygen atoms in total. The van der Waals surface area contributed by atoms with Crippen LogP contribution in [0.15, 0.2) is 52.1 Å². The minimum absolute atomic E-state index is 0.516. The number of hydrogen-bond acceptors (Lipinski definition) is 4. The molecular formula is C19H19N3O3. The van der Waals surface area contributed by atoms with Gasteiger partial charge in [0.05, 0.1) is 5.52 Å². The second-order valence-corrected chi connectivity index (χ2v) is 6.23. The second kappa shape index (κ2) is 6.57. The number of rotatable bonds is 4. The molecule has 0 saturated carbocycles. The van der Waals surface area contributed by atoms with Gasteiger partial charge in [0.1, 0.15) is 17.9 Å². The van der Waals surface area contributed by atoms with E-state index in [1.807, 2.05) is 0 Å². The molecule has 2 aromatic carbocycles. The predicted molar refractivity (Wildman–Crippen MR) is 96.1 cm³/mol. The van der Waals surface area contributed by atoms with Gasteiger partial charge in [-0.15, -0.1) is 0 Å². The number of nitrogens with one attached hydrogen (secondary N) is 2. The Kier molecular flexibility index (Phi) is 4.11. The molecule has 0 amide bonds. The van der Waals surface area contributed by atoms with E-state index in [2.05, 4.69) is 39.1 Å². The van der Waals surface area contributed by atoms with E-state index in [1.54, 1.807) is 18.2 Å². The Morgan fingerprint density at radius 2 is 1.76 bits per heavy atom. The highest BCUT2D eigenvalue weighted by molar-refractivity contribution is 5.80. The van der Waals surface area contributed by atoms with Crippen LogP contribution >= 0.6 is 0 Å². The van der Waals surface area contributed by atoms with Gasteiger partial charge in [-0.3, -0.25) is 14.5 Å². The lowest BCUT2D eigenvalue weighted by molar-refractivity contribution is 0.197. The molecule has 1 aliphatic rings. The van der Waals surface area contributed by atoms with Crippen LogP contribution in [0, 0.1) is 0 Å². The lowest BCUT2D eigenvalue weighted by atomic mass is 10.0. The summed E-state index contributed by atoms with van der Waals surface area (Å²) in [5.41, 5.74) is 2.56. The summed E-state index contributed by atoms with van der Waals surface area (Å²) in [4.78, 5) is 30.5. The molecule has 0 aliphatic carbocycles. The molecule has 4 rings (SSSR count). The lowest BCUT2D eigenvalue weighted by Gasteiger charge is -2.28. The van der Waals surface area contributed by atoms with Crippen molar-refractivity contribution in [2.24, 2.45) is 0 Å². The van der Waals surface area contributed by atoms with Crippen LogP contribution in [0.3, 0.4) is 0 Å². The monoisotopic (exact) mass is 337 g/mol. The maximum absolute atomic E-state index is 11.6. The van der Waals surface area contributed by atoms with E-state index >= 15 is 0 Å². The van der Waals surface area contributed by atoms with Gasteiger partial charge < -0.3 is 14.7 Å². The fourth-order valence-electron chi connectivity index (χ4n) is 3.26. The first-order valence-corrected chi connectivity index (χ1v) is 8.38. The first-order valence-electron chi connectivity index (χ1n) is 8.38. The van der Waals surface area contributed by atoms with Crippen molar-refractivity contribution in [1.29, 1.82) is 0 Å². The molecule has 128 valence electrons. The summed E-state index contributed by atoms with van der Waals surface area (Å²) in [6.45, 7) is 3.26. The molecule has 6 heteroatoms. The Bertz CT molecular complexity index is 1020. The normalized spacial score (nSPS) is 14.4. The van der Waals surface area contributed by atoms with Gasteiger partial charge in [0, 0.05) is 19.6 Å². The standard InChI is InChI=1S/C19H19N3O3/c23-18-19(24)21-17-15(20-18)6-3-7-16(17)25-11-10-22-9-8-13-4-1-2-5-14(13)12-22/h1-7H,8-12H2,(H,20,23)(H,21,24). The van der Waals surface area contributed by atoms with Gasteiger partial charge in [-0.05, 0) is 29.7 Å². The molecule has 0 fully saturated rings. The zero-order valence-corrected chi connectivity index (χ0v) is 13.7. The number of aromatic amines is 2. The minimum atomic E-state index is -0.670. The quantitative estimate of drug-likeness (QED) is 0.710. The van der Waals surface area contributed by atoms with Crippen LogP contribution in [0.4, 0.5) is 0 Å². The highest BCUT2D eigenvalue weighted by Gasteiger charge is 2.15. The van der Waals surface area contributed by atoms with E-state index in [9.17, 15) is 9.59 Å². The zero-order valence-electron chi connectivity index (χ0n) is 13.7. The molecule has 0 unspecified atom stereocenters. The van der Waals surface area contributed by atoms with Crippen molar-refractivity contribution in [1.82, 2.24) is 14.9 Å². The highest BCUT2D eigenvalue weighted by atomic mass is 16.5. The summed E-state index contributed by atoms with van der Waals surface area (Å²) in [5, 5.41) is 0. The molecule has 0 atom stereocenters. The van der Waals surface area contributed by atoms with Crippen molar-refractivity contribution in [2.45, 2.75) is 13.0 Å². The number of H-pyrrole nitrogens is 2. The van der Waals surface area contributed by atoms with Gasteiger partial charge in [0.15, 0.2) is 0 Å². The SMILES string of the molecule is O=c1[nH]c2cccc(OCCN3CCc4ccccc4C3)c2[nH]c1=O. The molecule has 3 aromatic rings. The van der Waals surface area contributed by atoms with Crippen LogP contribution in [0.2, 0.25) is 0 Å². The molecule has 2 N–H and O–H groups in total. The fraction of sp³-hybridized carbons (Fsp3) is 0.263. The van der Waals surface area contributed by atoms with Gasteiger partial charge in [0.2, 0.25) is 0 Å². The number of aromatic nitrogens is 2. The Hall–Kier alpha value is -2.86. The second-order valence-electron chi connectivity index (χ2n) is 6.23. The summed E-state index contributed by atoms with van der Waals surface area (Å²) < 4.78 is 5.87. The molecule has 25 heavy (non-hydrogen) atoms. The maximum atomic E-state index is 11.6. The van der Waals surface area contributed by atoms with Gasteiger partial charge in [-0.1, -0.05) is 30.3 Å². The van der Waals surface area contributed by atoms with E-state index < -0.39 is 11.1 Å². The zero-order chi connectivity index (χ0) is 17.2. The Labute approximate surface area is 144 Å². The third-order valence-electron chi connectivity index (χ3n) is 4.59. The Morgan fingerprint density at radius 3 is 2.64 bits per heavy atom. The van der Waals surface area contributed by atoms with Crippen LogP contribution < -0.4 is 15.9 Å². The van der Waals surface area contributed by atoms with Crippen molar-refractivity contribution < 1.29 is 4.74 Å². The lowest BCUT2D eigenvalue weighted by Crippen LogP contribution is -2.33. The average molecular weight is 337 g/mol. The Morgan fingerprint density at radius 1 is 0.960 bits per heavy atom. The third kappa shape index (κ3) is 3.21. The van der Waals surface area contributed by atoms with Gasteiger partial charge >= 0.3 is 11.1 Å². The molecule has 2 heterocycles. The number of benzene rings is 2. The number of ether oxygens (including phenoxy) is 1. The fourth-order valence-corrected chi connectivity index (χ4v) is 3.26. The number of para-hydroxylation sites is 1. The topological polar surface area (TPSA) is 78.2 Å². The van der Waals surface area contributed by atoms with Gasteiger partial charge in [-0.25, -0.2) is 0 Å². The molecule has 0 radical (unpaired) electrons. The summed E-state index contributed by atoms with van der Waals surface area (Å²) >= 11 is 0. The van der Waals surface area contributed by atoms with E-state index in [0.29, 0.717) is 23.4 Å². The van der Waals surface area contributed by atoms with E-state index in [4.69, 9.17) is 4.74 Å². The van der Waals surface area contributed by atoms with Crippen molar-refractivity contribution in [3.63, 3.8) is 0 Å². The maximum Gasteiger partial charge on any atom is 0.314 e. The number of hydrogen-bond donors (Lipinski definition) is 2. The minimum Gasteiger partial charge on any atom is -0.490 e. The van der Waals surface area contributed by atoms with E-state index in [-0.39, 0.29) is 0 Å². The predicted octanol–water partition coefficient (Wildman–Crippen LogP) is 1.65. The summed E-state index contributed by atoms with van der Waals surface area (Å²) in [6, 6.07) is 13.9. The Balaban J connectivity index is 1.44. The molecule has 0 saturated heterocycles. The average Bonchev–Trinajstić information content (AvgIpc) is 2.63. The van der Waals surface area contributed by atoms with Crippen molar-refractivity contribution in [2.75, 3.05) is 19.7 Å². The number of nitrogens with zero attached hydrogens (tertiary/aromatic N) is 1.